The van der Waals surface area contributed by atoms with Crippen molar-refractivity contribution in [3.05, 3.63) is 46.6 Å². The first-order valence-electron chi connectivity index (χ1n) is 4.74. The summed E-state index contributed by atoms with van der Waals surface area (Å²) in [5.74, 6) is 0. The van der Waals surface area contributed by atoms with Crippen molar-refractivity contribution in [2.45, 2.75) is 5.16 Å². The molecule has 0 aliphatic carbocycles. The molecule has 1 aromatic heterocycles. The third kappa shape index (κ3) is 2.59. The largest absolute Gasteiger partial charge is 0.364 e. The molecule has 0 radical (unpaired) electrons. The average molecular weight is 513 g/mol. The molecule has 0 saturated heterocycles. The molecule has 0 bridgehead atoms. The minimum absolute atomic E-state index is 0. The summed E-state index contributed by atoms with van der Waals surface area (Å²) in [4.78, 5) is 18.3. The molecule has 0 amide bonds. The predicted molar refractivity (Wildman–Crippen MR) is 64.7 cm³/mol. The van der Waals surface area contributed by atoms with Crippen molar-refractivity contribution >= 4 is 17.4 Å². The van der Waals surface area contributed by atoms with Gasteiger partial charge in [0, 0.05) is 12.1 Å². The number of hydrogen-bond acceptors (Lipinski definition) is 5. The SMILES string of the molecule is CSc1n[c-]cc(-c2ccc([N+](=O)[O-])cc2)n1.[Rf]. The van der Waals surface area contributed by atoms with E-state index in [-0.39, 0.29) is 5.69 Å². The summed E-state index contributed by atoms with van der Waals surface area (Å²) in [5.41, 5.74) is 1.58. The Hall–Kier alpha value is -2.95. The van der Waals surface area contributed by atoms with Crippen molar-refractivity contribution in [3.8, 4) is 11.3 Å². The Morgan fingerprint density at radius 1 is 1.33 bits per heavy atom. The summed E-state index contributed by atoms with van der Waals surface area (Å²) in [6.07, 6.45) is 4.63. The zero-order valence-corrected chi connectivity index (χ0v) is 16.9. The Kier molecular flexibility index (Phi) is 3.93. The van der Waals surface area contributed by atoms with Gasteiger partial charge in [0.1, 0.15) is 0 Å². The normalized spacial score (nSPS) is 9.61. The van der Waals surface area contributed by atoms with E-state index in [4.69, 9.17) is 0 Å². The number of rotatable bonds is 3. The van der Waals surface area contributed by atoms with Gasteiger partial charge in [0.2, 0.25) is 0 Å². The fourth-order valence-electron chi connectivity index (χ4n) is 1.30. The second-order valence-electron chi connectivity index (χ2n) is 3.17. The first-order chi connectivity index (χ1) is 8.20. The van der Waals surface area contributed by atoms with Crippen LogP contribution in [0, 0.1) is 16.3 Å². The molecule has 0 fully saturated rings. The van der Waals surface area contributed by atoms with Gasteiger partial charge in [-0.2, -0.15) is 11.8 Å². The smallest absolute Gasteiger partial charge is 0.269 e. The number of benzene rings is 1. The van der Waals surface area contributed by atoms with Crippen LogP contribution < -0.4 is 0 Å². The van der Waals surface area contributed by atoms with Crippen LogP contribution in [-0.4, -0.2) is 21.1 Å². The molecule has 0 spiro atoms. The van der Waals surface area contributed by atoms with E-state index < -0.39 is 4.92 Å². The summed E-state index contributed by atoms with van der Waals surface area (Å²) < 4.78 is 0. The molecule has 18 heavy (non-hydrogen) atoms. The average Bonchev–Trinajstić information content (AvgIpc) is 2.39. The van der Waals surface area contributed by atoms with Crippen molar-refractivity contribution in [2.75, 3.05) is 6.26 Å². The zero-order valence-electron chi connectivity index (χ0n) is 9.66. The first-order valence-corrected chi connectivity index (χ1v) is 5.97. The Balaban J connectivity index is 0.00000162. The van der Waals surface area contributed by atoms with E-state index in [9.17, 15) is 10.1 Å². The van der Waals surface area contributed by atoms with Crippen LogP contribution >= 0.6 is 11.8 Å². The molecule has 2 aromatic rings. The molecule has 0 aliphatic rings. The van der Waals surface area contributed by atoms with Crippen molar-refractivity contribution in [2.24, 2.45) is 0 Å². The second kappa shape index (κ2) is 5.40. The molecule has 0 N–H and O–H groups in total. The zero-order chi connectivity index (χ0) is 12.3. The number of aromatic nitrogens is 2. The predicted octanol–water partition coefficient (Wildman–Crippen LogP) is 2.57. The topological polar surface area (TPSA) is 68.9 Å². The van der Waals surface area contributed by atoms with Crippen molar-refractivity contribution in [1.29, 1.82) is 0 Å². The molecule has 5 nitrogen and oxygen atoms in total. The van der Waals surface area contributed by atoms with Gasteiger partial charge in [-0.15, -0.1) is 6.07 Å². The van der Waals surface area contributed by atoms with Crippen LogP contribution in [0.4, 0.5) is 5.69 Å². The van der Waals surface area contributed by atoms with Gasteiger partial charge in [0.15, 0.2) is 0 Å². The van der Waals surface area contributed by atoms with E-state index in [1.54, 1.807) is 18.2 Å². The molecule has 0 aliphatic heterocycles. The fourth-order valence-corrected chi connectivity index (χ4v) is 1.64. The van der Waals surface area contributed by atoms with Gasteiger partial charge in [-0.1, -0.05) is 23.9 Å². The summed E-state index contributed by atoms with van der Waals surface area (Å²) in [6.45, 7) is 0. The van der Waals surface area contributed by atoms with Crippen molar-refractivity contribution in [1.82, 2.24) is 9.97 Å². The Morgan fingerprint density at radius 2 is 2.00 bits per heavy atom. The Labute approximate surface area is 102 Å². The number of nitro groups is 1. The van der Waals surface area contributed by atoms with Crippen molar-refractivity contribution < 1.29 is 4.92 Å². The molecule has 88 valence electrons. The maximum Gasteiger partial charge on any atom is 0.269 e. The number of thioether (sulfide) groups is 1. The van der Waals surface area contributed by atoms with Gasteiger partial charge in [-0.3, -0.25) is 10.1 Å². The molecule has 7 heteroatoms. The molecule has 0 unspecified atom stereocenters. The maximum absolute atomic E-state index is 10.5. The Bertz CT molecular complexity index is 548. The van der Waals surface area contributed by atoms with Crippen LogP contribution in [0.5, 0.6) is 0 Å². The van der Waals surface area contributed by atoms with E-state index in [2.05, 4.69) is 16.2 Å². The first kappa shape index (κ1) is 13.1. The van der Waals surface area contributed by atoms with Crippen LogP contribution in [0.15, 0.2) is 35.5 Å². The van der Waals surface area contributed by atoms with E-state index in [1.165, 1.54) is 23.9 Å². The maximum atomic E-state index is 10.5. The van der Waals surface area contributed by atoms with Gasteiger partial charge in [0.05, 0.1) is 10.1 Å². The number of hydrogen-bond donors (Lipinski definition) is 0. The fraction of sp³-hybridized carbons (Fsp3) is 0.0909. The van der Waals surface area contributed by atoms with Gasteiger partial charge in [-0.05, 0) is 11.9 Å². The van der Waals surface area contributed by atoms with Gasteiger partial charge in [0.25, 0.3) is 5.69 Å². The van der Waals surface area contributed by atoms with Gasteiger partial charge >= 0.3 is 0 Å². The molecule has 0 atom stereocenters. The van der Waals surface area contributed by atoms with Crippen LogP contribution in [0.25, 0.3) is 11.3 Å². The number of nitrogens with zero attached hydrogens (tertiary/aromatic N) is 3. The third-order valence-electron chi connectivity index (χ3n) is 2.13. The van der Waals surface area contributed by atoms with E-state index in [0.717, 1.165) is 5.56 Å². The summed E-state index contributed by atoms with van der Waals surface area (Å²) in [6, 6.07) is 7.89. The van der Waals surface area contributed by atoms with Crippen LogP contribution in [0.1, 0.15) is 0 Å². The molecule has 0 saturated carbocycles. The van der Waals surface area contributed by atoms with E-state index in [0.29, 0.717) is 10.9 Å². The number of non-ortho nitro benzene ring substituents is 1. The van der Waals surface area contributed by atoms with Crippen LogP contribution in [0.3, 0.4) is 0 Å². The summed E-state index contributed by atoms with van der Waals surface area (Å²) in [5, 5.41) is 11.1. The van der Waals surface area contributed by atoms with Crippen LogP contribution in [-0.2, 0) is 0 Å². The standard InChI is InChI=1S/C11H8N3O2S.Rf/c1-17-11-12-7-6-10(13-11)8-2-4-9(5-3-8)14(15)16;/h2-6H,1H3;/q-1;. The van der Waals surface area contributed by atoms with Crippen LogP contribution in [0.2, 0.25) is 0 Å². The minimum Gasteiger partial charge on any atom is -0.364 e. The summed E-state index contributed by atoms with van der Waals surface area (Å²) >= 11 is 1.42. The molecular weight excluding hydrogens is 505 g/mol. The molecule has 1 aromatic carbocycles. The summed E-state index contributed by atoms with van der Waals surface area (Å²) in [7, 11) is 0. The van der Waals surface area contributed by atoms with Gasteiger partial charge in [-0.25, -0.2) is 0 Å². The monoisotopic (exact) mass is 513 g/mol. The molecule has 2 rings (SSSR count). The van der Waals surface area contributed by atoms with E-state index in [1.807, 2.05) is 6.26 Å². The molecule has 1 heterocycles. The van der Waals surface area contributed by atoms with Gasteiger partial charge < -0.3 is 9.97 Å². The Morgan fingerprint density at radius 3 is 2.56 bits per heavy atom. The minimum atomic E-state index is -0.427. The number of nitro benzene ring substituents is 1. The van der Waals surface area contributed by atoms with Crippen molar-refractivity contribution in [3.63, 3.8) is 0 Å². The second-order valence-corrected chi connectivity index (χ2v) is 3.95. The quantitative estimate of drug-likeness (QED) is 0.208. The third-order valence-corrected chi connectivity index (χ3v) is 2.68. The van der Waals surface area contributed by atoms with E-state index >= 15 is 0 Å². The molecular formula is C11H8N3O2RfS-.